The number of nitrogens with zero attached hydrogens (tertiary/aromatic N) is 1. The number of carbonyl (C=O) groups is 2. The second kappa shape index (κ2) is 3.62. The lowest BCUT2D eigenvalue weighted by molar-refractivity contribution is -0.149. The van der Waals surface area contributed by atoms with Crippen molar-refractivity contribution >= 4 is 11.9 Å². The van der Waals surface area contributed by atoms with Crippen LogP contribution in [0.25, 0.3) is 0 Å². The average Bonchev–Trinajstić information content (AvgIpc) is 2.85. The van der Waals surface area contributed by atoms with Crippen molar-refractivity contribution < 1.29 is 19.1 Å². The van der Waals surface area contributed by atoms with Gasteiger partial charge in [-0.2, -0.15) is 0 Å². The minimum atomic E-state index is -2.30. The van der Waals surface area contributed by atoms with Crippen molar-refractivity contribution in [1.82, 2.24) is 9.88 Å². The summed E-state index contributed by atoms with van der Waals surface area (Å²) in [5.41, 5.74) is -1.96. The largest absolute Gasteiger partial charge is 0.479 e. The van der Waals surface area contributed by atoms with Crippen LogP contribution in [0.1, 0.15) is 16.9 Å². The van der Waals surface area contributed by atoms with Gasteiger partial charge in [0.2, 0.25) is 5.67 Å². The molecule has 16 heavy (non-hydrogen) atoms. The quantitative estimate of drug-likeness (QED) is 0.777. The van der Waals surface area contributed by atoms with Gasteiger partial charge in [-0.3, -0.25) is 4.79 Å². The number of likely N-dealkylation sites (tertiary alicyclic amines) is 1. The smallest absolute Gasteiger partial charge is 0.343 e. The fourth-order valence-electron chi connectivity index (χ4n) is 1.75. The van der Waals surface area contributed by atoms with Gasteiger partial charge in [0.05, 0.1) is 6.54 Å². The van der Waals surface area contributed by atoms with E-state index in [1.54, 1.807) is 18.3 Å². The number of hydrogen-bond donors (Lipinski definition) is 2. The van der Waals surface area contributed by atoms with Crippen molar-refractivity contribution in [2.24, 2.45) is 0 Å². The number of carboxylic acid groups (broad SMARTS) is 1. The van der Waals surface area contributed by atoms with Gasteiger partial charge in [-0.05, 0) is 12.1 Å². The van der Waals surface area contributed by atoms with E-state index in [2.05, 4.69) is 4.98 Å². The highest BCUT2D eigenvalue weighted by Gasteiger charge is 2.47. The molecule has 0 radical (unpaired) electrons. The molecule has 0 aliphatic carbocycles. The predicted molar refractivity (Wildman–Crippen MR) is 52.8 cm³/mol. The molecule has 0 spiro atoms. The van der Waals surface area contributed by atoms with Gasteiger partial charge in [0.25, 0.3) is 5.91 Å². The van der Waals surface area contributed by atoms with Gasteiger partial charge in [-0.25, -0.2) is 9.18 Å². The Kier molecular flexibility index (Phi) is 2.41. The summed E-state index contributed by atoms with van der Waals surface area (Å²) >= 11 is 0. The van der Waals surface area contributed by atoms with Crippen molar-refractivity contribution in [2.75, 3.05) is 13.1 Å². The molecule has 2 N–H and O–H groups in total. The molecule has 0 unspecified atom stereocenters. The number of alkyl halides is 1. The number of aromatic nitrogens is 1. The number of carboxylic acids is 1. The van der Waals surface area contributed by atoms with Crippen LogP contribution in [-0.2, 0) is 4.79 Å². The first-order valence-electron chi connectivity index (χ1n) is 4.88. The Labute approximate surface area is 90.9 Å². The van der Waals surface area contributed by atoms with E-state index in [1.165, 1.54) is 4.90 Å². The summed E-state index contributed by atoms with van der Waals surface area (Å²) < 4.78 is 13.7. The first kappa shape index (κ1) is 10.7. The molecule has 1 aromatic heterocycles. The predicted octanol–water partition coefficient (Wildman–Crippen LogP) is 0.653. The molecule has 1 fully saturated rings. The van der Waals surface area contributed by atoms with E-state index in [0.717, 1.165) is 0 Å². The van der Waals surface area contributed by atoms with Crippen LogP contribution in [-0.4, -0.2) is 45.6 Å². The number of aliphatic carboxylic acids is 1. The maximum absolute atomic E-state index is 13.7. The highest BCUT2D eigenvalue weighted by molar-refractivity contribution is 5.93. The minimum Gasteiger partial charge on any atom is -0.479 e. The Morgan fingerprint density at radius 1 is 1.56 bits per heavy atom. The lowest BCUT2D eigenvalue weighted by atomic mass is 10.1. The number of amides is 1. The molecule has 6 heteroatoms. The summed E-state index contributed by atoms with van der Waals surface area (Å²) in [5.74, 6) is -1.87. The number of H-pyrrole nitrogens is 1. The van der Waals surface area contributed by atoms with Crippen molar-refractivity contribution in [2.45, 2.75) is 12.1 Å². The zero-order valence-corrected chi connectivity index (χ0v) is 8.44. The maximum Gasteiger partial charge on any atom is 0.343 e. The molecule has 0 bridgehead atoms. The molecule has 1 aliphatic rings. The van der Waals surface area contributed by atoms with Gasteiger partial charge in [0.15, 0.2) is 0 Å². The van der Waals surface area contributed by atoms with Gasteiger partial charge in [0.1, 0.15) is 5.69 Å². The number of halogens is 1. The summed E-state index contributed by atoms with van der Waals surface area (Å²) in [7, 11) is 0. The molecule has 0 aromatic carbocycles. The van der Waals surface area contributed by atoms with Crippen LogP contribution in [0.2, 0.25) is 0 Å². The molecule has 2 heterocycles. The van der Waals surface area contributed by atoms with Crippen LogP contribution in [0, 0.1) is 0 Å². The maximum atomic E-state index is 13.7. The van der Waals surface area contributed by atoms with Crippen LogP contribution in [0.5, 0.6) is 0 Å². The van der Waals surface area contributed by atoms with Crippen molar-refractivity contribution in [3.8, 4) is 0 Å². The first-order chi connectivity index (χ1) is 7.53. The standard InChI is InChI=1S/C10H11FN2O3/c11-10(9(15)16)3-5-13(6-10)8(14)7-2-1-4-12-7/h1-2,4,12H,3,5-6H2,(H,15,16)/t10-/m0/s1. The van der Waals surface area contributed by atoms with E-state index in [9.17, 15) is 14.0 Å². The summed E-state index contributed by atoms with van der Waals surface area (Å²) in [6, 6.07) is 3.23. The van der Waals surface area contributed by atoms with Gasteiger partial charge in [-0.1, -0.05) is 0 Å². The molecule has 0 saturated carbocycles. The third kappa shape index (κ3) is 1.66. The van der Waals surface area contributed by atoms with E-state index in [4.69, 9.17) is 5.11 Å². The van der Waals surface area contributed by atoms with E-state index >= 15 is 0 Å². The van der Waals surface area contributed by atoms with Crippen molar-refractivity contribution in [3.05, 3.63) is 24.0 Å². The number of rotatable bonds is 2. The third-order valence-corrected chi connectivity index (χ3v) is 2.72. The van der Waals surface area contributed by atoms with Crippen LogP contribution < -0.4 is 0 Å². The fourth-order valence-corrected chi connectivity index (χ4v) is 1.75. The molecule has 1 saturated heterocycles. The second-order valence-electron chi connectivity index (χ2n) is 3.83. The Morgan fingerprint density at radius 2 is 2.31 bits per heavy atom. The van der Waals surface area contributed by atoms with E-state index in [0.29, 0.717) is 5.69 Å². The highest BCUT2D eigenvalue weighted by Crippen LogP contribution is 2.26. The van der Waals surface area contributed by atoms with Crippen molar-refractivity contribution in [1.29, 1.82) is 0 Å². The summed E-state index contributed by atoms with van der Waals surface area (Å²) in [6.45, 7) is -0.263. The summed E-state index contributed by atoms with van der Waals surface area (Å²) in [6.07, 6.45) is 1.43. The molecule has 1 atom stereocenters. The van der Waals surface area contributed by atoms with E-state index in [-0.39, 0.29) is 25.4 Å². The molecule has 1 aliphatic heterocycles. The Balaban J connectivity index is 2.10. The summed E-state index contributed by atoms with van der Waals surface area (Å²) in [5, 5.41) is 8.68. The molecular formula is C10H11FN2O3. The molecule has 1 aromatic rings. The summed E-state index contributed by atoms with van der Waals surface area (Å²) in [4.78, 5) is 26.3. The Hall–Kier alpha value is -1.85. The monoisotopic (exact) mass is 226 g/mol. The molecule has 2 rings (SSSR count). The third-order valence-electron chi connectivity index (χ3n) is 2.72. The van der Waals surface area contributed by atoms with E-state index in [1.807, 2.05) is 0 Å². The SMILES string of the molecule is O=C(c1ccc[nH]1)N1CC[C@@](F)(C(=O)O)C1. The second-order valence-corrected chi connectivity index (χ2v) is 3.83. The van der Waals surface area contributed by atoms with Crippen molar-refractivity contribution in [3.63, 3.8) is 0 Å². The highest BCUT2D eigenvalue weighted by atomic mass is 19.1. The molecule has 5 nitrogen and oxygen atoms in total. The Morgan fingerprint density at radius 3 is 2.81 bits per heavy atom. The van der Waals surface area contributed by atoms with E-state index < -0.39 is 11.6 Å². The molecule has 1 amide bonds. The zero-order chi connectivity index (χ0) is 11.8. The van der Waals surface area contributed by atoms with Crippen LogP contribution in [0.3, 0.4) is 0 Å². The number of aromatic amines is 1. The lowest BCUT2D eigenvalue weighted by Crippen LogP contribution is -2.39. The number of hydrogen-bond acceptors (Lipinski definition) is 2. The van der Waals surface area contributed by atoms with Crippen LogP contribution >= 0.6 is 0 Å². The normalized spacial score (nSPS) is 24.7. The molecular weight excluding hydrogens is 215 g/mol. The first-order valence-corrected chi connectivity index (χ1v) is 4.88. The van der Waals surface area contributed by atoms with Crippen LogP contribution in [0.15, 0.2) is 18.3 Å². The number of carbonyl (C=O) groups excluding carboxylic acids is 1. The molecule has 86 valence electrons. The zero-order valence-electron chi connectivity index (χ0n) is 8.44. The van der Waals surface area contributed by atoms with Gasteiger partial charge < -0.3 is 15.0 Å². The minimum absolute atomic E-state index is 0.126. The topological polar surface area (TPSA) is 73.4 Å². The van der Waals surface area contributed by atoms with Gasteiger partial charge >= 0.3 is 5.97 Å². The van der Waals surface area contributed by atoms with Gasteiger partial charge in [0, 0.05) is 19.2 Å². The average molecular weight is 226 g/mol. The number of nitrogens with one attached hydrogen (secondary N) is 1. The van der Waals surface area contributed by atoms with Crippen LogP contribution in [0.4, 0.5) is 4.39 Å². The Bertz CT molecular complexity index is 418. The fraction of sp³-hybridized carbons (Fsp3) is 0.400. The lowest BCUT2D eigenvalue weighted by Gasteiger charge is -2.16. The van der Waals surface area contributed by atoms with Gasteiger partial charge in [-0.15, -0.1) is 0 Å².